The molecule has 24 heavy (non-hydrogen) atoms. The number of anilines is 1. The fourth-order valence-corrected chi connectivity index (χ4v) is 3.28. The van der Waals surface area contributed by atoms with Gasteiger partial charge in [-0.05, 0) is 58.6 Å². The Kier molecular flexibility index (Phi) is 4.08. The zero-order valence-corrected chi connectivity index (χ0v) is 15.2. The van der Waals surface area contributed by atoms with Gasteiger partial charge >= 0.3 is 0 Å². The summed E-state index contributed by atoms with van der Waals surface area (Å²) in [5.74, 6) is 0.195. The normalized spacial score (nSPS) is 16.9. The molecule has 0 unspecified atom stereocenters. The van der Waals surface area contributed by atoms with Crippen molar-refractivity contribution in [2.24, 2.45) is 0 Å². The van der Waals surface area contributed by atoms with Gasteiger partial charge < -0.3 is 5.11 Å². The smallest absolute Gasteiger partial charge is 0.229 e. The first kappa shape index (κ1) is 17.2. The van der Waals surface area contributed by atoms with Gasteiger partial charge in [0.05, 0.1) is 12.0 Å². The van der Waals surface area contributed by atoms with Crippen LogP contribution in [-0.4, -0.2) is 31.1 Å². The molecule has 0 aromatic carbocycles. The lowest BCUT2D eigenvalue weighted by molar-refractivity contribution is -0.119. The van der Waals surface area contributed by atoms with E-state index in [2.05, 4.69) is 22.2 Å². The number of aryl methyl sites for hydroxylation is 1. The van der Waals surface area contributed by atoms with Gasteiger partial charge in [-0.3, -0.25) is 14.7 Å². The molecule has 3 rings (SSSR count). The SMILES string of the molecule is Cc1cc2nc(NC(=O)CC(C)(C)O)n(C3(C)CCC3)c2nc1Cl. The van der Waals surface area contributed by atoms with E-state index in [1.165, 1.54) is 0 Å². The lowest BCUT2D eigenvalue weighted by Gasteiger charge is -2.40. The van der Waals surface area contributed by atoms with Crippen molar-refractivity contribution in [3.05, 3.63) is 16.8 Å². The van der Waals surface area contributed by atoms with E-state index < -0.39 is 5.60 Å². The maximum Gasteiger partial charge on any atom is 0.229 e. The van der Waals surface area contributed by atoms with Crippen LogP contribution in [0.3, 0.4) is 0 Å². The largest absolute Gasteiger partial charge is 0.390 e. The predicted octanol–water partition coefficient (Wildman–Crippen LogP) is 3.39. The maximum atomic E-state index is 12.3. The summed E-state index contributed by atoms with van der Waals surface area (Å²) in [5, 5.41) is 13.1. The molecule has 2 heterocycles. The summed E-state index contributed by atoms with van der Waals surface area (Å²) in [5.41, 5.74) is 1.05. The van der Waals surface area contributed by atoms with Crippen molar-refractivity contribution in [2.45, 2.75) is 64.5 Å². The highest BCUT2D eigenvalue weighted by molar-refractivity contribution is 6.30. The van der Waals surface area contributed by atoms with E-state index in [4.69, 9.17) is 11.6 Å². The maximum absolute atomic E-state index is 12.3. The van der Waals surface area contributed by atoms with Crippen LogP contribution in [0.25, 0.3) is 11.2 Å². The Labute approximate surface area is 146 Å². The molecular weight excluding hydrogens is 328 g/mol. The Balaban J connectivity index is 2.06. The van der Waals surface area contributed by atoms with Crippen LogP contribution in [-0.2, 0) is 10.3 Å². The van der Waals surface area contributed by atoms with Gasteiger partial charge in [0.25, 0.3) is 0 Å². The summed E-state index contributed by atoms with van der Waals surface area (Å²) in [6, 6.07) is 1.88. The minimum Gasteiger partial charge on any atom is -0.390 e. The van der Waals surface area contributed by atoms with Crippen molar-refractivity contribution in [1.29, 1.82) is 0 Å². The van der Waals surface area contributed by atoms with E-state index in [9.17, 15) is 9.90 Å². The highest BCUT2D eigenvalue weighted by Gasteiger charge is 2.38. The number of fused-ring (bicyclic) bond motifs is 1. The van der Waals surface area contributed by atoms with E-state index in [0.29, 0.717) is 22.3 Å². The first-order valence-electron chi connectivity index (χ1n) is 8.17. The molecule has 0 spiro atoms. The van der Waals surface area contributed by atoms with Gasteiger partial charge in [-0.25, -0.2) is 9.97 Å². The van der Waals surface area contributed by atoms with E-state index >= 15 is 0 Å². The Morgan fingerprint density at radius 1 is 1.46 bits per heavy atom. The number of imidazole rings is 1. The predicted molar refractivity (Wildman–Crippen MR) is 94.3 cm³/mol. The number of aliphatic hydroxyl groups is 1. The molecule has 1 aliphatic rings. The van der Waals surface area contributed by atoms with Gasteiger partial charge in [0.2, 0.25) is 11.9 Å². The summed E-state index contributed by atoms with van der Waals surface area (Å²) in [6.07, 6.45) is 3.13. The van der Waals surface area contributed by atoms with E-state index in [1.807, 2.05) is 17.6 Å². The van der Waals surface area contributed by atoms with E-state index in [-0.39, 0.29) is 17.9 Å². The second-order valence-electron chi connectivity index (χ2n) is 7.60. The molecule has 2 aromatic rings. The molecule has 7 heteroatoms. The third kappa shape index (κ3) is 3.13. The third-order valence-corrected chi connectivity index (χ3v) is 4.96. The number of nitrogens with zero attached hydrogens (tertiary/aromatic N) is 3. The second kappa shape index (κ2) is 5.70. The number of hydrogen-bond donors (Lipinski definition) is 2. The quantitative estimate of drug-likeness (QED) is 0.828. The van der Waals surface area contributed by atoms with Gasteiger partial charge in [-0.1, -0.05) is 11.6 Å². The Bertz CT molecular complexity index is 803. The van der Waals surface area contributed by atoms with Crippen molar-refractivity contribution in [3.8, 4) is 0 Å². The van der Waals surface area contributed by atoms with E-state index in [0.717, 1.165) is 24.8 Å². The topological polar surface area (TPSA) is 80.0 Å². The van der Waals surface area contributed by atoms with Gasteiger partial charge in [0, 0.05) is 5.54 Å². The zero-order chi connectivity index (χ0) is 17.7. The monoisotopic (exact) mass is 350 g/mol. The average Bonchev–Trinajstić information content (AvgIpc) is 2.71. The van der Waals surface area contributed by atoms with Crippen molar-refractivity contribution in [1.82, 2.24) is 14.5 Å². The second-order valence-corrected chi connectivity index (χ2v) is 7.96. The van der Waals surface area contributed by atoms with Crippen LogP contribution in [0.5, 0.6) is 0 Å². The van der Waals surface area contributed by atoms with E-state index in [1.54, 1.807) is 13.8 Å². The number of hydrogen-bond acceptors (Lipinski definition) is 4. The van der Waals surface area contributed by atoms with Crippen LogP contribution in [0.2, 0.25) is 5.15 Å². The van der Waals surface area contributed by atoms with Gasteiger partial charge in [0.15, 0.2) is 5.65 Å². The molecule has 0 bridgehead atoms. The minimum absolute atomic E-state index is 0.000131. The first-order valence-corrected chi connectivity index (χ1v) is 8.55. The summed E-state index contributed by atoms with van der Waals surface area (Å²) in [4.78, 5) is 21.3. The molecule has 0 aliphatic heterocycles. The van der Waals surface area contributed by atoms with Crippen molar-refractivity contribution in [2.75, 3.05) is 5.32 Å². The highest BCUT2D eigenvalue weighted by atomic mass is 35.5. The number of halogens is 1. The van der Waals surface area contributed by atoms with Crippen molar-refractivity contribution < 1.29 is 9.90 Å². The molecule has 1 amide bonds. The first-order chi connectivity index (χ1) is 11.1. The standard InChI is InChI=1S/C17H23ClN4O2/c1-10-8-11-14(21-13(10)18)22(17(4)6-5-7-17)15(19-11)20-12(23)9-16(2,3)24/h8,24H,5-7,9H2,1-4H3,(H,19,20,23). The molecule has 2 aromatic heterocycles. The fraction of sp³-hybridized carbons (Fsp3) is 0.588. The van der Waals surface area contributed by atoms with Gasteiger partial charge in [-0.15, -0.1) is 0 Å². The summed E-state index contributed by atoms with van der Waals surface area (Å²) < 4.78 is 1.99. The van der Waals surface area contributed by atoms with Crippen LogP contribution in [0.4, 0.5) is 5.95 Å². The van der Waals surface area contributed by atoms with Crippen molar-refractivity contribution in [3.63, 3.8) is 0 Å². The Morgan fingerprint density at radius 3 is 2.67 bits per heavy atom. The Hall–Kier alpha value is -1.66. The molecule has 0 radical (unpaired) electrons. The van der Waals surface area contributed by atoms with Crippen LogP contribution < -0.4 is 5.32 Å². The molecular formula is C17H23ClN4O2. The molecule has 6 nitrogen and oxygen atoms in total. The van der Waals surface area contributed by atoms with Crippen LogP contribution in [0.1, 0.15) is 52.0 Å². The zero-order valence-electron chi connectivity index (χ0n) is 14.5. The van der Waals surface area contributed by atoms with Gasteiger partial charge in [0.1, 0.15) is 10.7 Å². The number of aromatic nitrogens is 3. The summed E-state index contributed by atoms with van der Waals surface area (Å²) in [6.45, 7) is 7.23. The lowest BCUT2D eigenvalue weighted by Crippen LogP contribution is -2.39. The van der Waals surface area contributed by atoms with Crippen LogP contribution in [0.15, 0.2) is 6.07 Å². The number of carbonyl (C=O) groups excluding carboxylic acids is 1. The summed E-state index contributed by atoms with van der Waals surface area (Å²) in [7, 11) is 0. The molecule has 1 fully saturated rings. The van der Waals surface area contributed by atoms with Crippen LogP contribution >= 0.6 is 11.6 Å². The number of pyridine rings is 1. The molecule has 1 aliphatic carbocycles. The van der Waals surface area contributed by atoms with Gasteiger partial charge in [-0.2, -0.15) is 0 Å². The molecule has 1 saturated carbocycles. The Morgan fingerprint density at radius 2 is 2.12 bits per heavy atom. The molecule has 2 N–H and O–H groups in total. The molecule has 0 saturated heterocycles. The fourth-order valence-electron chi connectivity index (χ4n) is 3.15. The highest BCUT2D eigenvalue weighted by Crippen LogP contribution is 2.43. The summed E-state index contributed by atoms with van der Waals surface area (Å²) >= 11 is 6.20. The number of amides is 1. The third-order valence-electron chi connectivity index (χ3n) is 4.58. The number of carbonyl (C=O) groups is 1. The van der Waals surface area contributed by atoms with Crippen LogP contribution in [0, 0.1) is 6.92 Å². The minimum atomic E-state index is -1.07. The number of nitrogens with one attached hydrogen (secondary N) is 1. The number of rotatable bonds is 4. The lowest BCUT2D eigenvalue weighted by atomic mass is 9.78. The van der Waals surface area contributed by atoms with Crippen molar-refractivity contribution >= 4 is 34.6 Å². The molecule has 0 atom stereocenters. The average molecular weight is 351 g/mol. The molecule has 130 valence electrons.